The minimum Gasteiger partial charge on any atom is -0.311 e. The van der Waals surface area contributed by atoms with Crippen LogP contribution >= 0.6 is 0 Å². The summed E-state index contributed by atoms with van der Waals surface area (Å²) >= 11 is 0. The van der Waals surface area contributed by atoms with Gasteiger partial charge >= 0.3 is 6.18 Å². The minimum atomic E-state index is -4.57. The van der Waals surface area contributed by atoms with Gasteiger partial charge in [-0.2, -0.15) is 13.2 Å². The van der Waals surface area contributed by atoms with E-state index in [1.807, 2.05) is 30.9 Å². The number of ketones is 1. The van der Waals surface area contributed by atoms with Crippen LogP contribution in [0.2, 0.25) is 0 Å². The molecule has 0 N–H and O–H groups in total. The van der Waals surface area contributed by atoms with Crippen molar-refractivity contribution in [1.82, 2.24) is 19.4 Å². The number of aromatic nitrogens is 2. The van der Waals surface area contributed by atoms with Crippen LogP contribution in [0.15, 0.2) is 59.5 Å². The second kappa shape index (κ2) is 11.8. The van der Waals surface area contributed by atoms with Gasteiger partial charge in [0.1, 0.15) is 0 Å². The molecule has 0 saturated carbocycles. The first-order chi connectivity index (χ1) is 19.9. The highest BCUT2D eigenvalue weighted by molar-refractivity contribution is 5.98. The highest BCUT2D eigenvalue weighted by Crippen LogP contribution is 2.34. The fourth-order valence-corrected chi connectivity index (χ4v) is 5.67. The van der Waals surface area contributed by atoms with Crippen LogP contribution < -0.4 is 5.56 Å². The zero-order chi connectivity index (χ0) is 30.2. The van der Waals surface area contributed by atoms with Gasteiger partial charge in [-0.3, -0.25) is 19.5 Å². The second-order valence-electron chi connectivity index (χ2n) is 11.1. The summed E-state index contributed by atoms with van der Waals surface area (Å²) in [6.07, 6.45) is -2.93. The van der Waals surface area contributed by atoms with Gasteiger partial charge in [0.25, 0.3) is 5.56 Å². The van der Waals surface area contributed by atoms with Gasteiger partial charge in [-0.15, -0.1) is 0 Å². The van der Waals surface area contributed by atoms with E-state index in [0.29, 0.717) is 29.8 Å². The number of alkyl halides is 3. The van der Waals surface area contributed by atoms with Crippen LogP contribution in [0.4, 0.5) is 13.2 Å². The van der Waals surface area contributed by atoms with E-state index in [1.54, 1.807) is 36.0 Å². The Labute approximate surface area is 243 Å². The molecule has 3 heterocycles. The summed E-state index contributed by atoms with van der Waals surface area (Å²) in [4.78, 5) is 35.2. The summed E-state index contributed by atoms with van der Waals surface area (Å²) in [6, 6.07) is 13.0. The van der Waals surface area contributed by atoms with Crippen molar-refractivity contribution in [1.29, 1.82) is 0 Å². The van der Waals surface area contributed by atoms with Crippen molar-refractivity contribution in [2.45, 2.75) is 39.9 Å². The lowest BCUT2D eigenvalue weighted by Gasteiger charge is -2.34. The number of carbonyl (C=O) groups is 1. The van der Waals surface area contributed by atoms with E-state index < -0.39 is 17.5 Å². The van der Waals surface area contributed by atoms with Crippen molar-refractivity contribution >= 4 is 16.7 Å². The number of pyridine rings is 2. The van der Waals surface area contributed by atoms with E-state index in [1.165, 1.54) is 12.1 Å². The van der Waals surface area contributed by atoms with Gasteiger partial charge in [0.05, 0.1) is 11.1 Å². The van der Waals surface area contributed by atoms with Crippen LogP contribution in [0.25, 0.3) is 22.0 Å². The molecule has 220 valence electrons. The Bertz CT molecular complexity index is 1700. The van der Waals surface area contributed by atoms with Crippen molar-refractivity contribution in [3.63, 3.8) is 0 Å². The number of aryl methyl sites for hydroxylation is 3. The standard InChI is InChI=1S/C33H35F3N4O2/c1-5-39-10-12-40(13-11-39)20-25-9-8-24(18-29(25)33(34,35)36)31(41)16-23-7-6-21(2)27(15-23)28-17-26-19-37-22(3)14-30(26)38(4)32(28)42/h6-9,14-15,17-19H,5,10-13,16,20H2,1-4H3. The maximum atomic E-state index is 14.1. The molecular formula is C33H35F3N4O2. The van der Waals surface area contributed by atoms with Gasteiger partial charge in [0, 0.05) is 74.6 Å². The molecule has 9 heteroatoms. The smallest absolute Gasteiger partial charge is 0.311 e. The summed E-state index contributed by atoms with van der Waals surface area (Å²) in [7, 11) is 1.71. The molecular weight excluding hydrogens is 541 g/mol. The van der Waals surface area contributed by atoms with Crippen molar-refractivity contribution in [3.8, 4) is 11.1 Å². The van der Waals surface area contributed by atoms with Crippen molar-refractivity contribution in [3.05, 3.63) is 98.6 Å². The normalized spacial score (nSPS) is 14.9. The molecule has 4 aromatic rings. The van der Waals surface area contributed by atoms with E-state index >= 15 is 0 Å². The Morgan fingerprint density at radius 3 is 2.33 bits per heavy atom. The predicted molar refractivity (Wildman–Crippen MR) is 159 cm³/mol. The maximum absolute atomic E-state index is 14.1. The van der Waals surface area contributed by atoms with Gasteiger partial charge in [0.2, 0.25) is 0 Å². The molecule has 6 nitrogen and oxygen atoms in total. The number of rotatable bonds is 7. The topological polar surface area (TPSA) is 58.4 Å². The number of fused-ring (bicyclic) bond motifs is 1. The molecule has 1 saturated heterocycles. The Balaban J connectivity index is 1.41. The molecule has 0 bridgehead atoms. The number of carbonyl (C=O) groups excluding carboxylic acids is 1. The molecule has 42 heavy (non-hydrogen) atoms. The molecule has 1 aliphatic heterocycles. The van der Waals surface area contributed by atoms with E-state index in [-0.39, 0.29) is 29.7 Å². The number of halogens is 3. The third-order valence-corrected chi connectivity index (χ3v) is 8.25. The molecule has 0 atom stereocenters. The van der Waals surface area contributed by atoms with Crippen LogP contribution in [0.3, 0.4) is 0 Å². The Morgan fingerprint density at radius 1 is 0.929 bits per heavy atom. The zero-order valence-corrected chi connectivity index (χ0v) is 24.4. The summed E-state index contributed by atoms with van der Waals surface area (Å²) in [6.45, 7) is 10.0. The van der Waals surface area contributed by atoms with Crippen LogP contribution in [-0.2, 0) is 26.2 Å². The number of hydrogen-bond donors (Lipinski definition) is 0. The van der Waals surface area contributed by atoms with Crippen molar-refractivity contribution in [2.75, 3.05) is 32.7 Å². The number of benzene rings is 2. The van der Waals surface area contributed by atoms with E-state index in [4.69, 9.17) is 0 Å². The Morgan fingerprint density at radius 2 is 1.64 bits per heavy atom. The fraction of sp³-hybridized carbons (Fsp3) is 0.364. The first-order valence-electron chi connectivity index (χ1n) is 14.2. The molecule has 2 aromatic heterocycles. The molecule has 0 spiro atoms. The van der Waals surface area contributed by atoms with E-state index in [2.05, 4.69) is 16.8 Å². The van der Waals surface area contributed by atoms with Gasteiger partial charge in [-0.1, -0.05) is 37.3 Å². The van der Waals surface area contributed by atoms with Gasteiger partial charge < -0.3 is 9.47 Å². The van der Waals surface area contributed by atoms with Gasteiger partial charge in [0.15, 0.2) is 5.78 Å². The average Bonchev–Trinajstić information content (AvgIpc) is 2.96. The number of hydrogen-bond acceptors (Lipinski definition) is 5. The number of Topliss-reactive ketones (excluding diaryl/α,β-unsaturated/α-hetero) is 1. The Kier molecular flexibility index (Phi) is 8.35. The third-order valence-electron chi connectivity index (χ3n) is 8.25. The molecule has 1 fully saturated rings. The minimum absolute atomic E-state index is 0.0204. The third kappa shape index (κ3) is 6.17. The van der Waals surface area contributed by atoms with E-state index in [0.717, 1.165) is 47.9 Å². The molecule has 0 amide bonds. The quantitative estimate of drug-likeness (QED) is 0.261. The molecule has 0 radical (unpaired) electrons. The van der Waals surface area contributed by atoms with Crippen molar-refractivity contribution < 1.29 is 18.0 Å². The lowest BCUT2D eigenvalue weighted by atomic mass is 9.94. The average molecular weight is 577 g/mol. The Hall–Kier alpha value is -3.82. The summed E-state index contributed by atoms with van der Waals surface area (Å²) in [5, 5.41) is 0.811. The first kappa shape index (κ1) is 29.7. The highest BCUT2D eigenvalue weighted by Gasteiger charge is 2.34. The molecule has 1 aliphatic rings. The van der Waals surface area contributed by atoms with E-state index in [9.17, 15) is 22.8 Å². The van der Waals surface area contributed by atoms with Crippen LogP contribution in [-0.4, -0.2) is 57.9 Å². The van der Waals surface area contributed by atoms with Crippen LogP contribution in [0, 0.1) is 13.8 Å². The first-order valence-corrected chi connectivity index (χ1v) is 14.2. The highest BCUT2D eigenvalue weighted by atomic mass is 19.4. The maximum Gasteiger partial charge on any atom is 0.416 e. The second-order valence-corrected chi connectivity index (χ2v) is 11.1. The van der Waals surface area contributed by atoms with Crippen LogP contribution in [0.1, 0.15) is 45.2 Å². The fourth-order valence-electron chi connectivity index (χ4n) is 5.67. The monoisotopic (exact) mass is 576 g/mol. The lowest BCUT2D eigenvalue weighted by molar-refractivity contribution is -0.138. The molecule has 5 rings (SSSR count). The molecule has 0 unspecified atom stereocenters. The summed E-state index contributed by atoms with van der Waals surface area (Å²) < 4.78 is 43.9. The molecule has 0 aliphatic carbocycles. The largest absolute Gasteiger partial charge is 0.416 e. The summed E-state index contributed by atoms with van der Waals surface area (Å²) in [5.41, 5.74) is 3.46. The number of piperazine rings is 1. The van der Waals surface area contributed by atoms with Gasteiger partial charge in [-0.05, 0) is 60.8 Å². The summed E-state index contributed by atoms with van der Waals surface area (Å²) in [5.74, 6) is -0.412. The van der Waals surface area contributed by atoms with Gasteiger partial charge in [-0.25, -0.2) is 0 Å². The predicted octanol–water partition coefficient (Wildman–Crippen LogP) is 5.80. The molecule has 2 aromatic carbocycles. The zero-order valence-electron chi connectivity index (χ0n) is 24.4. The SMILES string of the molecule is CCN1CCN(Cc2ccc(C(=O)Cc3ccc(C)c(-c4cc5cnc(C)cc5n(C)c4=O)c3)cc2C(F)(F)F)CC1. The number of likely N-dealkylation sites (N-methyl/N-ethyl adjacent to an activating group) is 1. The lowest BCUT2D eigenvalue weighted by Crippen LogP contribution is -2.45. The number of nitrogens with zero attached hydrogens (tertiary/aromatic N) is 4. The van der Waals surface area contributed by atoms with Crippen LogP contribution in [0.5, 0.6) is 0 Å². The van der Waals surface area contributed by atoms with Crippen molar-refractivity contribution in [2.24, 2.45) is 7.05 Å².